The first kappa shape index (κ1) is 25.4. The second-order valence-corrected chi connectivity index (χ2v) is 11.2. The molecular weight excluding hydrogens is 552 g/mol. The molecule has 9 rings (SSSR count). The molecule has 0 N–H and O–H groups in total. The van der Waals surface area contributed by atoms with Crippen molar-refractivity contribution in [1.82, 2.24) is 4.98 Å². The zero-order valence-corrected chi connectivity index (χ0v) is 24.2. The van der Waals surface area contributed by atoms with E-state index in [-0.39, 0.29) is 0 Å². The van der Waals surface area contributed by atoms with Crippen LogP contribution in [0.5, 0.6) is 0 Å². The zero-order valence-electron chi connectivity index (χ0n) is 24.2. The number of furan rings is 1. The third kappa shape index (κ3) is 4.35. The van der Waals surface area contributed by atoms with Gasteiger partial charge >= 0.3 is 0 Å². The molecule has 0 spiro atoms. The minimum absolute atomic E-state index is 0.619. The molecule has 0 saturated heterocycles. The van der Waals surface area contributed by atoms with Crippen molar-refractivity contribution in [2.24, 2.45) is 0 Å². The second kappa shape index (κ2) is 10.2. The summed E-state index contributed by atoms with van der Waals surface area (Å²) in [7, 11) is 0. The quantitative estimate of drug-likeness (QED) is 0.204. The van der Waals surface area contributed by atoms with E-state index in [1.54, 1.807) is 0 Å². The molecule has 7 aromatic carbocycles. The van der Waals surface area contributed by atoms with E-state index in [2.05, 4.69) is 108 Å². The van der Waals surface area contributed by atoms with Crippen LogP contribution in [0.15, 0.2) is 167 Å². The number of fused-ring (bicyclic) bond motifs is 6. The zero-order chi connectivity index (χ0) is 29.7. The van der Waals surface area contributed by atoms with E-state index in [0.717, 1.165) is 72.0 Å². The van der Waals surface area contributed by atoms with Crippen LogP contribution in [0, 0.1) is 0 Å². The molecule has 2 aromatic heterocycles. The SMILES string of the molecule is c1ccc(-c2cccc(N(c3ccc4oc5ccccc5c4c3)c3ccc4ccc5oc(-c6ccccc6)nc5c4c3)c2)cc1. The second-order valence-electron chi connectivity index (χ2n) is 11.2. The molecule has 0 saturated carbocycles. The molecule has 4 heteroatoms. The predicted molar refractivity (Wildman–Crippen MR) is 184 cm³/mol. The Morgan fingerprint density at radius 1 is 0.400 bits per heavy atom. The van der Waals surface area contributed by atoms with E-state index in [1.807, 2.05) is 54.6 Å². The van der Waals surface area contributed by atoms with Crippen molar-refractivity contribution in [2.75, 3.05) is 4.90 Å². The van der Waals surface area contributed by atoms with E-state index in [4.69, 9.17) is 13.8 Å². The van der Waals surface area contributed by atoms with Crippen LogP contribution >= 0.6 is 0 Å². The highest BCUT2D eigenvalue weighted by Crippen LogP contribution is 2.41. The van der Waals surface area contributed by atoms with Gasteiger partial charge in [-0.25, -0.2) is 4.98 Å². The van der Waals surface area contributed by atoms with Crippen molar-refractivity contribution >= 4 is 60.9 Å². The number of aromatic nitrogens is 1. The number of oxazole rings is 1. The topological polar surface area (TPSA) is 42.4 Å². The Hall–Kier alpha value is -6.13. The molecule has 0 bridgehead atoms. The fraction of sp³-hybridized carbons (Fsp3) is 0. The molecule has 0 aliphatic carbocycles. The molecule has 0 amide bonds. The molecule has 0 fully saturated rings. The molecule has 0 aliphatic rings. The van der Waals surface area contributed by atoms with Crippen LogP contribution < -0.4 is 4.90 Å². The summed E-state index contributed by atoms with van der Waals surface area (Å²) < 4.78 is 12.4. The Labute approximate surface area is 259 Å². The standard InChI is InChI=1S/C41H26N2O2/c1-3-10-27(11-4-1)30-14-9-15-31(24-30)43(33-21-23-38-36(26-33)34-16-7-8-17-37(34)44-38)32-20-18-28-19-22-39-40(35(28)25-32)42-41(45-39)29-12-5-2-6-13-29/h1-26H. The lowest BCUT2D eigenvalue weighted by atomic mass is 10.0. The van der Waals surface area contributed by atoms with Crippen LogP contribution in [0.25, 0.3) is 66.4 Å². The summed E-state index contributed by atoms with van der Waals surface area (Å²) in [5, 5.41) is 4.33. The van der Waals surface area contributed by atoms with E-state index in [9.17, 15) is 0 Å². The fourth-order valence-corrected chi connectivity index (χ4v) is 6.30. The number of anilines is 3. The van der Waals surface area contributed by atoms with Gasteiger partial charge in [-0.3, -0.25) is 0 Å². The smallest absolute Gasteiger partial charge is 0.227 e. The summed E-state index contributed by atoms with van der Waals surface area (Å²) in [6.07, 6.45) is 0. The molecule has 45 heavy (non-hydrogen) atoms. The molecule has 0 unspecified atom stereocenters. The Kier molecular flexibility index (Phi) is 5.78. The van der Waals surface area contributed by atoms with Crippen molar-refractivity contribution in [3.63, 3.8) is 0 Å². The fourth-order valence-electron chi connectivity index (χ4n) is 6.30. The van der Waals surface area contributed by atoms with Gasteiger partial charge in [0.1, 0.15) is 16.7 Å². The van der Waals surface area contributed by atoms with Crippen LogP contribution in [0.2, 0.25) is 0 Å². The van der Waals surface area contributed by atoms with Gasteiger partial charge in [-0.1, -0.05) is 91.0 Å². The van der Waals surface area contributed by atoms with Gasteiger partial charge in [-0.2, -0.15) is 0 Å². The minimum Gasteiger partial charge on any atom is -0.456 e. The number of rotatable bonds is 5. The third-order valence-electron chi connectivity index (χ3n) is 8.47. The van der Waals surface area contributed by atoms with Gasteiger partial charge in [0.05, 0.1) is 0 Å². The lowest BCUT2D eigenvalue weighted by molar-refractivity contribution is 0.620. The van der Waals surface area contributed by atoms with Crippen molar-refractivity contribution in [3.8, 4) is 22.6 Å². The van der Waals surface area contributed by atoms with Crippen LogP contribution in [0.1, 0.15) is 0 Å². The highest BCUT2D eigenvalue weighted by Gasteiger charge is 2.18. The van der Waals surface area contributed by atoms with Gasteiger partial charge in [0.15, 0.2) is 5.58 Å². The lowest BCUT2D eigenvalue weighted by Gasteiger charge is -2.26. The average molecular weight is 579 g/mol. The summed E-state index contributed by atoms with van der Waals surface area (Å²) in [6, 6.07) is 54.6. The maximum Gasteiger partial charge on any atom is 0.227 e. The Morgan fingerprint density at radius 3 is 1.87 bits per heavy atom. The summed E-state index contributed by atoms with van der Waals surface area (Å²) >= 11 is 0. The lowest BCUT2D eigenvalue weighted by Crippen LogP contribution is -2.10. The minimum atomic E-state index is 0.619. The van der Waals surface area contributed by atoms with Crippen LogP contribution in [0.4, 0.5) is 17.1 Å². The molecule has 9 aromatic rings. The van der Waals surface area contributed by atoms with Crippen molar-refractivity contribution in [3.05, 3.63) is 158 Å². The van der Waals surface area contributed by atoms with E-state index < -0.39 is 0 Å². The highest BCUT2D eigenvalue weighted by molar-refractivity contribution is 6.08. The number of nitrogens with zero attached hydrogens (tertiary/aromatic N) is 2. The normalized spacial score (nSPS) is 11.6. The maximum absolute atomic E-state index is 6.24. The number of para-hydroxylation sites is 1. The number of hydrogen-bond donors (Lipinski definition) is 0. The van der Waals surface area contributed by atoms with Gasteiger partial charge in [-0.15, -0.1) is 0 Å². The molecule has 212 valence electrons. The molecule has 0 atom stereocenters. The number of hydrogen-bond acceptors (Lipinski definition) is 4. The monoisotopic (exact) mass is 578 g/mol. The van der Waals surface area contributed by atoms with Gasteiger partial charge in [0, 0.05) is 38.8 Å². The van der Waals surface area contributed by atoms with Gasteiger partial charge in [-0.05, 0) is 83.2 Å². The van der Waals surface area contributed by atoms with Crippen molar-refractivity contribution < 1.29 is 8.83 Å². The average Bonchev–Trinajstić information content (AvgIpc) is 3.72. The van der Waals surface area contributed by atoms with E-state index in [1.165, 1.54) is 5.56 Å². The van der Waals surface area contributed by atoms with Crippen LogP contribution in [-0.2, 0) is 0 Å². The van der Waals surface area contributed by atoms with Crippen LogP contribution in [0.3, 0.4) is 0 Å². The number of benzene rings is 7. The first-order valence-corrected chi connectivity index (χ1v) is 15.0. The summed E-state index contributed by atoms with van der Waals surface area (Å²) in [6.45, 7) is 0. The summed E-state index contributed by atoms with van der Waals surface area (Å²) in [5.41, 5.74) is 9.77. The predicted octanol–water partition coefficient (Wildman–Crippen LogP) is 11.7. The van der Waals surface area contributed by atoms with Gasteiger partial charge < -0.3 is 13.7 Å². The Morgan fingerprint density at radius 2 is 1.02 bits per heavy atom. The maximum atomic E-state index is 6.24. The van der Waals surface area contributed by atoms with Crippen molar-refractivity contribution in [2.45, 2.75) is 0 Å². The third-order valence-corrected chi connectivity index (χ3v) is 8.47. The van der Waals surface area contributed by atoms with Crippen molar-refractivity contribution in [1.29, 1.82) is 0 Å². The van der Waals surface area contributed by atoms with E-state index >= 15 is 0 Å². The molecule has 0 aliphatic heterocycles. The van der Waals surface area contributed by atoms with Crippen LogP contribution in [-0.4, -0.2) is 4.98 Å². The van der Waals surface area contributed by atoms with E-state index in [0.29, 0.717) is 5.89 Å². The first-order valence-electron chi connectivity index (χ1n) is 15.0. The molecule has 0 radical (unpaired) electrons. The summed E-state index contributed by atoms with van der Waals surface area (Å²) in [5.74, 6) is 0.619. The van der Waals surface area contributed by atoms with Gasteiger partial charge in [0.2, 0.25) is 5.89 Å². The molecule has 2 heterocycles. The first-order chi connectivity index (χ1) is 22.3. The highest BCUT2D eigenvalue weighted by atomic mass is 16.3. The Balaban J connectivity index is 1.26. The molecule has 4 nitrogen and oxygen atoms in total. The summed E-state index contributed by atoms with van der Waals surface area (Å²) in [4.78, 5) is 7.29. The van der Waals surface area contributed by atoms with Gasteiger partial charge in [0.25, 0.3) is 0 Å². The Bertz CT molecular complexity index is 2490. The molecular formula is C41H26N2O2. The largest absolute Gasteiger partial charge is 0.456 e.